The summed E-state index contributed by atoms with van der Waals surface area (Å²) in [5.74, 6) is -0.691. The molecule has 28 heavy (non-hydrogen) atoms. The van der Waals surface area contributed by atoms with Gasteiger partial charge in [0.25, 0.3) is 0 Å². The minimum Gasteiger partial charge on any atom is -0.492 e. The third-order valence-electron chi connectivity index (χ3n) is 5.63. The number of nitrogens with zero attached hydrogens (tertiary/aromatic N) is 2. The summed E-state index contributed by atoms with van der Waals surface area (Å²) >= 11 is 0. The Morgan fingerprint density at radius 3 is 2.54 bits per heavy atom. The van der Waals surface area contributed by atoms with Crippen LogP contribution in [0.5, 0.6) is 5.75 Å². The number of methoxy groups -OCH3 is 1. The van der Waals surface area contributed by atoms with Gasteiger partial charge in [-0.25, -0.2) is 4.79 Å². The fourth-order valence-electron chi connectivity index (χ4n) is 3.97. The number of piperidine rings is 1. The van der Waals surface area contributed by atoms with Crippen LogP contribution in [0.4, 0.5) is 5.69 Å². The summed E-state index contributed by atoms with van der Waals surface area (Å²) in [6, 6.07) is 3.43. The number of carbonyl (C=O) groups is 1. The van der Waals surface area contributed by atoms with Crippen LogP contribution in [-0.2, 0) is 0 Å². The minimum absolute atomic E-state index is 0.0648. The van der Waals surface area contributed by atoms with E-state index < -0.39 is 11.4 Å². The number of anilines is 1. The number of fused-ring (bicyclic) bond motifs is 1. The van der Waals surface area contributed by atoms with Crippen LogP contribution in [0.1, 0.15) is 50.5 Å². The van der Waals surface area contributed by atoms with Crippen molar-refractivity contribution >= 4 is 22.6 Å². The highest BCUT2D eigenvalue weighted by atomic mass is 16.5. The van der Waals surface area contributed by atoms with E-state index in [0.29, 0.717) is 36.2 Å². The summed E-state index contributed by atoms with van der Waals surface area (Å²) in [6.07, 6.45) is 1.67. The molecule has 1 aromatic heterocycles. The van der Waals surface area contributed by atoms with Crippen molar-refractivity contribution in [2.45, 2.75) is 46.3 Å². The Morgan fingerprint density at radius 1 is 1.32 bits per heavy atom. The van der Waals surface area contributed by atoms with Crippen LogP contribution < -0.4 is 15.1 Å². The highest BCUT2D eigenvalue weighted by Crippen LogP contribution is 2.40. The fourth-order valence-corrected chi connectivity index (χ4v) is 3.97. The number of hydrogen-bond acceptors (Lipinski definition) is 5. The monoisotopic (exact) mass is 388 g/mol. The first-order valence-electron chi connectivity index (χ1n) is 9.50. The highest BCUT2D eigenvalue weighted by Gasteiger charge is 2.36. The average Bonchev–Trinajstić information content (AvgIpc) is 2.62. The van der Waals surface area contributed by atoms with Crippen molar-refractivity contribution in [3.05, 3.63) is 34.1 Å². The Hall–Kier alpha value is -2.54. The van der Waals surface area contributed by atoms with E-state index in [-0.39, 0.29) is 23.1 Å². The number of hydrogen-bond donors (Lipinski definition) is 2. The molecule has 0 amide bonds. The molecule has 0 saturated carbocycles. The van der Waals surface area contributed by atoms with Gasteiger partial charge in [-0.05, 0) is 32.4 Å². The van der Waals surface area contributed by atoms with Gasteiger partial charge >= 0.3 is 5.97 Å². The summed E-state index contributed by atoms with van der Waals surface area (Å²) in [6.45, 7) is 9.24. The maximum atomic E-state index is 12.8. The number of aromatic nitrogens is 1. The zero-order valence-electron chi connectivity index (χ0n) is 17.0. The van der Waals surface area contributed by atoms with Crippen molar-refractivity contribution in [2.75, 3.05) is 25.1 Å². The Labute approximate surface area is 164 Å². The van der Waals surface area contributed by atoms with E-state index in [1.807, 2.05) is 33.8 Å². The molecule has 2 N–H and O–H groups in total. The molecule has 1 unspecified atom stereocenters. The van der Waals surface area contributed by atoms with Crippen molar-refractivity contribution in [1.29, 1.82) is 0 Å². The third kappa shape index (κ3) is 3.24. The summed E-state index contributed by atoms with van der Waals surface area (Å²) < 4.78 is 7.53. The lowest BCUT2D eigenvalue weighted by Crippen LogP contribution is -2.48. The number of pyridine rings is 1. The third-order valence-corrected chi connectivity index (χ3v) is 5.63. The number of aliphatic hydroxyl groups excluding tert-OH is 1. The Bertz CT molecular complexity index is 977. The zero-order valence-corrected chi connectivity index (χ0v) is 17.0. The number of rotatable bonds is 4. The van der Waals surface area contributed by atoms with Crippen LogP contribution in [0, 0.1) is 5.41 Å². The van der Waals surface area contributed by atoms with Gasteiger partial charge in [0.1, 0.15) is 5.56 Å². The van der Waals surface area contributed by atoms with Crippen LogP contribution in [0.25, 0.3) is 10.9 Å². The SMILES string of the molecule is COc1c(N2CCC(O)C(C)(C)C2)ccc2c(=O)c(C(=O)O)cn(C(C)C)c12. The Kier molecular flexibility index (Phi) is 5.14. The van der Waals surface area contributed by atoms with Gasteiger partial charge in [-0.3, -0.25) is 4.79 Å². The second kappa shape index (κ2) is 7.13. The molecule has 152 valence electrons. The first kappa shape index (κ1) is 20.2. The van der Waals surface area contributed by atoms with Crippen molar-refractivity contribution < 1.29 is 19.7 Å². The van der Waals surface area contributed by atoms with Gasteiger partial charge < -0.3 is 24.4 Å². The van der Waals surface area contributed by atoms with E-state index in [2.05, 4.69) is 4.90 Å². The van der Waals surface area contributed by atoms with E-state index in [1.165, 1.54) is 6.20 Å². The zero-order chi connectivity index (χ0) is 20.8. The number of benzene rings is 1. The number of aliphatic hydroxyl groups is 1. The molecule has 1 fully saturated rings. The molecule has 1 saturated heterocycles. The van der Waals surface area contributed by atoms with Gasteiger partial charge in [0, 0.05) is 30.7 Å². The largest absolute Gasteiger partial charge is 0.492 e. The minimum atomic E-state index is -1.24. The molecule has 1 aromatic carbocycles. The van der Waals surface area contributed by atoms with Gasteiger partial charge in [0.05, 0.1) is 29.8 Å². The molecule has 1 aliphatic rings. The van der Waals surface area contributed by atoms with Crippen LogP contribution >= 0.6 is 0 Å². The fraction of sp³-hybridized carbons (Fsp3) is 0.524. The van der Waals surface area contributed by atoms with Gasteiger partial charge in [0.2, 0.25) is 5.43 Å². The molecule has 0 spiro atoms. The predicted octanol–water partition coefficient (Wildman–Crippen LogP) is 2.89. The summed E-state index contributed by atoms with van der Waals surface area (Å²) in [7, 11) is 1.56. The van der Waals surface area contributed by atoms with Crippen LogP contribution in [0.2, 0.25) is 0 Å². The first-order chi connectivity index (χ1) is 13.1. The molecule has 0 radical (unpaired) electrons. The molecule has 7 heteroatoms. The standard InChI is InChI=1S/C21H28N2O5/c1-12(2)23-10-14(20(26)27)18(25)13-6-7-15(19(28-5)17(13)23)22-9-8-16(24)21(3,4)11-22/h6-7,10,12,16,24H,8-9,11H2,1-5H3,(H,26,27). The number of carboxylic acid groups (broad SMARTS) is 1. The van der Waals surface area contributed by atoms with Gasteiger partial charge in [0.15, 0.2) is 5.75 Å². The van der Waals surface area contributed by atoms with Crippen molar-refractivity contribution in [3.63, 3.8) is 0 Å². The van der Waals surface area contributed by atoms with E-state index in [4.69, 9.17) is 4.74 Å². The van der Waals surface area contributed by atoms with Crippen molar-refractivity contribution in [2.24, 2.45) is 5.41 Å². The predicted molar refractivity (Wildman–Crippen MR) is 109 cm³/mol. The van der Waals surface area contributed by atoms with Crippen LogP contribution in [0.3, 0.4) is 0 Å². The molecule has 2 heterocycles. The molecule has 3 rings (SSSR count). The second-order valence-electron chi connectivity index (χ2n) is 8.41. The molecular formula is C21H28N2O5. The molecule has 0 bridgehead atoms. The molecule has 1 aliphatic heterocycles. The molecule has 7 nitrogen and oxygen atoms in total. The topological polar surface area (TPSA) is 92.0 Å². The molecule has 0 aliphatic carbocycles. The first-order valence-corrected chi connectivity index (χ1v) is 9.50. The highest BCUT2D eigenvalue weighted by molar-refractivity contribution is 5.96. The second-order valence-corrected chi connectivity index (χ2v) is 8.41. The Morgan fingerprint density at radius 2 is 2.00 bits per heavy atom. The smallest absolute Gasteiger partial charge is 0.341 e. The lowest BCUT2D eigenvalue weighted by molar-refractivity contribution is 0.0335. The van der Waals surface area contributed by atoms with E-state index in [1.54, 1.807) is 17.7 Å². The summed E-state index contributed by atoms with van der Waals surface area (Å²) in [5.41, 5.74) is 0.390. The van der Waals surface area contributed by atoms with Gasteiger partial charge in [-0.15, -0.1) is 0 Å². The summed E-state index contributed by atoms with van der Waals surface area (Å²) in [5, 5.41) is 20.0. The Balaban J connectivity index is 2.28. The van der Waals surface area contributed by atoms with E-state index in [9.17, 15) is 19.8 Å². The van der Waals surface area contributed by atoms with Crippen molar-refractivity contribution in [3.8, 4) is 5.75 Å². The lowest BCUT2D eigenvalue weighted by Gasteiger charge is -2.43. The lowest BCUT2D eigenvalue weighted by atomic mass is 9.81. The van der Waals surface area contributed by atoms with Crippen LogP contribution in [-0.4, -0.2) is 47.1 Å². The van der Waals surface area contributed by atoms with Crippen molar-refractivity contribution in [1.82, 2.24) is 4.57 Å². The average molecular weight is 388 g/mol. The normalized spacial score (nSPS) is 19.2. The quantitative estimate of drug-likeness (QED) is 0.837. The van der Waals surface area contributed by atoms with Gasteiger partial charge in [-0.2, -0.15) is 0 Å². The molecule has 2 aromatic rings. The van der Waals surface area contributed by atoms with E-state index >= 15 is 0 Å². The summed E-state index contributed by atoms with van der Waals surface area (Å²) in [4.78, 5) is 26.4. The maximum absolute atomic E-state index is 12.8. The maximum Gasteiger partial charge on any atom is 0.341 e. The van der Waals surface area contributed by atoms with E-state index in [0.717, 1.165) is 5.69 Å². The molecule has 1 atom stereocenters. The number of aromatic carboxylic acids is 1. The van der Waals surface area contributed by atoms with Crippen LogP contribution in [0.15, 0.2) is 23.1 Å². The number of carboxylic acids is 1. The molecular weight excluding hydrogens is 360 g/mol. The number of ether oxygens (including phenoxy) is 1. The van der Waals surface area contributed by atoms with Gasteiger partial charge in [-0.1, -0.05) is 13.8 Å².